The number of fused-ring (bicyclic) bond motifs is 1. The van der Waals surface area contributed by atoms with Crippen LogP contribution in [0.5, 0.6) is 11.5 Å². The highest BCUT2D eigenvalue weighted by Crippen LogP contribution is 2.43. The molecule has 0 spiro atoms. The van der Waals surface area contributed by atoms with Crippen LogP contribution in [0.2, 0.25) is 0 Å². The molecule has 6 heteroatoms. The number of hydrogen-bond donors (Lipinski definition) is 0. The Balaban J connectivity index is 2.03. The Kier molecular flexibility index (Phi) is 4.75. The number of benzene rings is 2. The maximum atomic E-state index is 13.3. The van der Waals surface area contributed by atoms with Gasteiger partial charge < -0.3 is 9.47 Å². The van der Waals surface area contributed by atoms with Crippen molar-refractivity contribution in [2.75, 3.05) is 13.2 Å². The van der Waals surface area contributed by atoms with Gasteiger partial charge in [-0.1, -0.05) is 37.9 Å². The zero-order valence-electron chi connectivity index (χ0n) is 10.7. The van der Waals surface area contributed by atoms with Gasteiger partial charge in [-0.3, -0.25) is 0 Å². The SMILES string of the molecule is Fc1ccc(C(Br)c2cc3c(cc2Br)OCCO3)c(I)c1. The molecule has 0 radical (unpaired) electrons. The van der Waals surface area contributed by atoms with Crippen molar-refractivity contribution in [1.29, 1.82) is 0 Å². The second-order valence-electron chi connectivity index (χ2n) is 4.55. The topological polar surface area (TPSA) is 18.5 Å². The molecule has 1 unspecified atom stereocenters. The highest BCUT2D eigenvalue weighted by molar-refractivity contribution is 14.1. The van der Waals surface area contributed by atoms with Crippen LogP contribution in [0.1, 0.15) is 16.0 Å². The summed E-state index contributed by atoms with van der Waals surface area (Å²) in [6.45, 7) is 1.11. The van der Waals surface area contributed by atoms with Gasteiger partial charge in [0.25, 0.3) is 0 Å². The predicted octanol–water partition coefficient (Wildman–Crippen LogP) is 5.45. The van der Waals surface area contributed by atoms with Gasteiger partial charge in [0.05, 0.1) is 4.83 Å². The van der Waals surface area contributed by atoms with E-state index in [-0.39, 0.29) is 10.6 Å². The second-order valence-corrected chi connectivity index (χ2v) is 7.48. The quantitative estimate of drug-likeness (QED) is 0.382. The van der Waals surface area contributed by atoms with Gasteiger partial charge in [-0.2, -0.15) is 0 Å². The largest absolute Gasteiger partial charge is 0.486 e. The van der Waals surface area contributed by atoms with E-state index in [1.807, 2.05) is 12.1 Å². The molecule has 3 rings (SSSR count). The summed E-state index contributed by atoms with van der Waals surface area (Å²) in [5, 5.41) is 0. The first-order valence-electron chi connectivity index (χ1n) is 6.24. The van der Waals surface area contributed by atoms with Crippen molar-refractivity contribution < 1.29 is 13.9 Å². The fourth-order valence-electron chi connectivity index (χ4n) is 2.15. The van der Waals surface area contributed by atoms with Crippen LogP contribution in [0.4, 0.5) is 4.39 Å². The molecular formula is C15H10Br2FIO2. The molecule has 0 fully saturated rings. The summed E-state index contributed by atoms with van der Waals surface area (Å²) in [5.74, 6) is 1.25. The second kappa shape index (κ2) is 6.42. The molecule has 1 aliphatic heterocycles. The Hall–Kier alpha value is -0.340. The highest BCUT2D eigenvalue weighted by Gasteiger charge is 2.21. The maximum absolute atomic E-state index is 13.3. The van der Waals surface area contributed by atoms with Crippen molar-refractivity contribution in [3.8, 4) is 11.5 Å². The summed E-state index contributed by atoms with van der Waals surface area (Å²) < 4.78 is 26.2. The Morgan fingerprint density at radius 2 is 1.71 bits per heavy atom. The van der Waals surface area contributed by atoms with Crippen LogP contribution >= 0.6 is 54.5 Å². The van der Waals surface area contributed by atoms with Crippen molar-refractivity contribution in [3.05, 3.63) is 55.3 Å². The number of alkyl halides is 1. The fourth-order valence-corrected chi connectivity index (χ4v) is 5.00. The van der Waals surface area contributed by atoms with E-state index in [2.05, 4.69) is 54.5 Å². The van der Waals surface area contributed by atoms with Gasteiger partial charge in [0, 0.05) is 8.04 Å². The van der Waals surface area contributed by atoms with Crippen LogP contribution in [-0.4, -0.2) is 13.2 Å². The number of ether oxygens (including phenoxy) is 2. The molecular weight excluding hydrogens is 518 g/mol. The lowest BCUT2D eigenvalue weighted by molar-refractivity contribution is 0.171. The van der Waals surface area contributed by atoms with Crippen molar-refractivity contribution in [1.82, 2.24) is 0 Å². The van der Waals surface area contributed by atoms with Crippen molar-refractivity contribution in [2.24, 2.45) is 0 Å². The van der Waals surface area contributed by atoms with Crippen LogP contribution in [0.15, 0.2) is 34.8 Å². The molecule has 0 N–H and O–H groups in total. The van der Waals surface area contributed by atoms with E-state index >= 15 is 0 Å². The first-order valence-corrected chi connectivity index (χ1v) is 9.03. The van der Waals surface area contributed by atoms with E-state index in [0.29, 0.717) is 13.2 Å². The Bertz CT molecular complexity index is 694. The van der Waals surface area contributed by atoms with E-state index in [1.165, 1.54) is 12.1 Å². The summed E-state index contributed by atoms with van der Waals surface area (Å²) in [7, 11) is 0. The molecule has 1 atom stereocenters. The standard InChI is InChI=1S/C15H10Br2FIO2/c16-11-7-14-13(20-3-4-21-14)6-10(11)15(17)9-2-1-8(18)5-12(9)19/h1-2,5-7,15H,3-4H2. The molecule has 0 saturated heterocycles. The van der Waals surface area contributed by atoms with E-state index in [0.717, 1.165) is 30.7 Å². The first kappa shape index (κ1) is 15.6. The Labute approximate surface area is 152 Å². The van der Waals surface area contributed by atoms with Crippen molar-refractivity contribution in [2.45, 2.75) is 4.83 Å². The van der Waals surface area contributed by atoms with Crippen LogP contribution < -0.4 is 9.47 Å². The third kappa shape index (κ3) is 3.22. The zero-order chi connectivity index (χ0) is 15.0. The zero-order valence-corrected chi connectivity index (χ0v) is 16.0. The average molecular weight is 528 g/mol. The van der Waals surface area contributed by atoms with Crippen LogP contribution in [0.3, 0.4) is 0 Å². The lowest BCUT2D eigenvalue weighted by atomic mass is 10.0. The van der Waals surface area contributed by atoms with Crippen molar-refractivity contribution in [3.63, 3.8) is 0 Å². The average Bonchev–Trinajstić information content (AvgIpc) is 2.46. The molecule has 1 aliphatic rings. The number of rotatable bonds is 2. The molecule has 0 amide bonds. The molecule has 2 aromatic carbocycles. The highest BCUT2D eigenvalue weighted by atomic mass is 127. The lowest BCUT2D eigenvalue weighted by Gasteiger charge is -2.22. The summed E-state index contributed by atoms with van der Waals surface area (Å²) in [6.07, 6.45) is 0. The van der Waals surface area contributed by atoms with Crippen LogP contribution in [-0.2, 0) is 0 Å². The van der Waals surface area contributed by atoms with Gasteiger partial charge in [0.1, 0.15) is 19.0 Å². The summed E-state index contributed by atoms with van der Waals surface area (Å²) in [6, 6.07) is 8.65. The number of halogens is 4. The maximum Gasteiger partial charge on any atom is 0.162 e. The third-order valence-electron chi connectivity index (χ3n) is 3.17. The minimum atomic E-state index is -0.232. The molecule has 0 bridgehead atoms. The monoisotopic (exact) mass is 526 g/mol. The number of hydrogen-bond acceptors (Lipinski definition) is 2. The van der Waals surface area contributed by atoms with Gasteiger partial charge in [-0.05, 0) is 58.0 Å². The minimum Gasteiger partial charge on any atom is -0.486 e. The fraction of sp³-hybridized carbons (Fsp3) is 0.200. The van der Waals surface area contributed by atoms with E-state index in [9.17, 15) is 4.39 Å². The van der Waals surface area contributed by atoms with Gasteiger partial charge in [-0.25, -0.2) is 4.39 Å². The molecule has 0 aliphatic carbocycles. The summed E-state index contributed by atoms with van der Waals surface area (Å²) >= 11 is 9.41. The van der Waals surface area contributed by atoms with Gasteiger partial charge in [0.15, 0.2) is 11.5 Å². The van der Waals surface area contributed by atoms with Gasteiger partial charge >= 0.3 is 0 Å². The van der Waals surface area contributed by atoms with E-state index in [1.54, 1.807) is 6.07 Å². The smallest absolute Gasteiger partial charge is 0.162 e. The molecule has 21 heavy (non-hydrogen) atoms. The molecule has 2 nitrogen and oxygen atoms in total. The Morgan fingerprint density at radius 3 is 2.38 bits per heavy atom. The predicted molar refractivity (Wildman–Crippen MR) is 95.0 cm³/mol. The Morgan fingerprint density at radius 1 is 1.05 bits per heavy atom. The molecule has 110 valence electrons. The lowest BCUT2D eigenvalue weighted by Crippen LogP contribution is -2.15. The van der Waals surface area contributed by atoms with Gasteiger partial charge in [-0.15, -0.1) is 0 Å². The van der Waals surface area contributed by atoms with E-state index < -0.39 is 0 Å². The molecule has 0 aromatic heterocycles. The van der Waals surface area contributed by atoms with Crippen LogP contribution in [0.25, 0.3) is 0 Å². The minimum absolute atomic E-state index is 0.0600. The molecule has 2 aromatic rings. The molecule has 1 heterocycles. The van der Waals surface area contributed by atoms with Gasteiger partial charge in [0.2, 0.25) is 0 Å². The summed E-state index contributed by atoms with van der Waals surface area (Å²) in [5.41, 5.74) is 2.03. The third-order valence-corrected chi connectivity index (χ3v) is 5.78. The van der Waals surface area contributed by atoms with E-state index in [4.69, 9.17) is 9.47 Å². The molecule has 0 saturated carbocycles. The van der Waals surface area contributed by atoms with Crippen molar-refractivity contribution >= 4 is 54.5 Å². The first-order chi connectivity index (χ1) is 10.1. The van der Waals surface area contributed by atoms with Crippen LogP contribution in [0, 0.1) is 9.39 Å². The summed E-state index contributed by atoms with van der Waals surface area (Å²) in [4.78, 5) is -0.0600. The normalized spacial score (nSPS) is 14.9.